The maximum Gasteiger partial charge on any atom is 0.243 e. The zero-order valence-corrected chi connectivity index (χ0v) is 12.0. The predicted octanol–water partition coefficient (Wildman–Crippen LogP) is 0.831. The van der Waals surface area contributed by atoms with E-state index < -0.39 is 16.1 Å². The molecule has 1 unspecified atom stereocenters. The molecule has 1 aliphatic rings. The molecule has 5 nitrogen and oxygen atoms in total. The minimum Gasteiger partial charge on any atom is -0.394 e. The van der Waals surface area contributed by atoms with Crippen molar-refractivity contribution >= 4 is 26.0 Å². The number of aliphatic hydroxyl groups is 1. The number of sulfonamides is 1. The van der Waals surface area contributed by atoms with Gasteiger partial charge in [0.25, 0.3) is 0 Å². The summed E-state index contributed by atoms with van der Waals surface area (Å²) in [6.07, 6.45) is -0.444. The third kappa shape index (κ3) is 2.92. The van der Waals surface area contributed by atoms with Gasteiger partial charge in [-0.05, 0) is 18.2 Å². The molecule has 0 saturated carbocycles. The normalized spacial score (nSPS) is 22.0. The van der Waals surface area contributed by atoms with E-state index >= 15 is 0 Å². The van der Waals surface area contributed by atoms with E-state index in [0.717, 1.165) is 4.47 Å². The SMILES string of the molecule is O=S(=O)(c1cccc(Br)c1)N1CCOC(CO)C1. The van der Waals surface area contributed by atoms with E-state index in [9.17, 15) is 8.42 Å². The van der Waals surface area contributed by atoms with Crippen LogP contribution in [-0.2, 0) is 14.8 Å². The van der Waals surface area contributed by atoms with Gasteiger partial charge in [-0.15, -0.1) is 0 Å². The Hall–Kier alpha value is -0.470. The highest BCUT2D eigenvalue weighted by Crippen LogP contribution is 2.21. The fourth-order valence-electron chi connectivity index (χ4n) is 1.80. The lowest BCUT2D eigenvalue weighted by atomic mass is 10.3. The summed E-state index contributed by atoms with van der Waals surface area (Å²) in [4.78, 5) is 0.246. The highest BCUT2D eigenvalue weighted by molar-refractivity contribution is 9.10. The highest BCUT2D eigenvalue weighted by atomic mass is 79.9. The van der Waals surface area contributed by atoms with Gasteiger partial charge in [-0.1, -0.05) is 22.0 Å². The Kier molecular flexibility index (Phi) is 4.39. The number of nitrogens with zero attached hydrogens (tertiary/aromatic N) is 1. The smallest absolute Gasteiger partial charge is 0.243 e. The average Bonchev–Trinajstić information content (AvgIpc) is 2.39. The molecule has 0 bridgehead atoms. The van der Waals surface area contributed by atoms with E-state index in [4.69, 9.17) is 9.84 Å². The number of benzene rings is 1. The van der Waals surface area contributed by atoms with Crippen molar-refractivity contribution in [2.75, 3.05) is 26.3 Å². The zero-order chi connectivity index (χ0) is 13.2. The van der Waals surface area contributed by atoms with E-state index in [1.165, 1.54) is 4.31 Å². The first-order valence-corrected chi connectivity index (χ1v) is 7.75. The largest absolute Gasteiger partial charge is 0.394 e. The average molecular weight is 336 g/mol. The Labute approximate surface area is 115 Å². The summed E-state index contributed by atoms with van der Waals surface area (Å²) in [6.45, 7) is 0.625. The van der Waals surface area contributed by atoms with Crippen molar-refractivity contribution in [3.8, 4) is 0 Å². The summed E-state index contributed by atoms with van der Waals surface area (Å²) in [6, 6.07) is 6.58. The molecule has 1 atom stereocenters. The van der Waals surface area contributed by atoms with Gasteiger partial charge in [0.2, 0.25) is 10.0 Å². The summed E-state index contributed by atoms with van der Waals surface area (Å²) in [7, 11) is -3.52. The number of rotatable bonds is 3. The molecule has 7 heteroatoms. The summed E-state index contributed by atoms with van der Waals surface area (Å²) in [5.74, 6) is 0. The maximum absolute atomic E-state index is 12.4. The van der Waals surface area contributed by atoms with Crippen LogP contribution >= 0.6 is 15.9 Å². The lowest BCUT2D eigenvalue weighted by Crippen LogP contribution is -2.46. The Morgan fingerprint density at radius 2 is 2.28 bits per heavy atom. The van der Waals surface area contributed by atoms with Crippen LogP contribution in [0.15, 0.2) is 33.6 Å². The molecule has 100 valence electrons. The Bertz CT molecular complexity index is 520. The van der Waals surface area contributed by atoms with Gasteiger partial charge in [0, 0.05) is 17.6 Å². The minimum atomic E-state index is -3.52. The van der Waals surface area contributed by atoms with Crippen molar-refractivity contribution in [3.05, 3.63) is 28.7 Å². The molecule has 0 radical (unpaired) electrons. The molecular formula is C11H14BrNO4S. The predicted molar refractivity (Wildman–Crippen MR) is 69.7 cm³/mol. The molecule has 1 aromatic rings. The highest BCUT2D eigenvalue weighted by Gasteiger charge is 2.30. The topological polar surface area (TPSA) is 66.8 Å². The molecule has 2 rings (SSSR count). The second-order valence-electron chi connectivity index (χ2n) is 4.00. The van der Waals surface area contributed by atoms with Gasteiger partial charge in [0.15, 0.2) is 0 Å². The number of hydrogen-bond acceptors (Lipinski definition) is 4. The van der Waals surface area contributed by atoms with Crippen LogP contribution in [0.2, 0.25) is 0 Å². The number of ether oxygens (including phenoxy) is 1. The van der Waals surface area contributed by atoms with Crippen molar-refractivity contribution < 1.29 is 18.3 Å². The Balaban J connectivity index is 2.25. The van der Waals surface area contributed by atoms with E-state index in [2.05, 4.69) is 15.9 Å². The quantitative estimate of drug-likeness (QED) is 0.888. The fourth-order valence-corrected chi connectivity index (χ4v) is 3.85. The van der Waals surface area contributed by atoms with Crippen LogP contribution in [0, 0.1) is 0 Å². The molecule has 18 heavy (non-hydrogen) atoms. The van der Waals surface area contributed by atoms with Crippen LogP contribution in [-0.4, -0.2) is 50.2 Å². The fraction of sp³-hybridized carbons (Fsp3) is 0.455. The van der Waals surface area contributed by atoms with Crippen molar-refractivity contribution in [1.29, 1.82) is 0 Å². The molecule has 1 heterocycles. The van der Waals surface area contributed by atoms with Gasteiger partial charge in [0.05, 0.1) is 24.2 Å². The van der Waals surface area contributed by atoms with Crippen molar-refractivity contribution in [3.63, 3.8) is 0 Å². The molecule has 1 N–H and O–H groups in total. The van der Waals surface area contributed by atoms with Gasteiger partial charge in [0.1, 0.15) is 0 Å². The summed E-state index contributed by atoms with van der Waals surface area (Å²) in [5, 5.41) is 9.04. The molecule has 0 amide bonds. The van der Waals surface area contributed by atoms with Gasteiger partial charge in [-0.3, -0.25) is 0 Å². The van der Waals surface area contributed by atoms with Crippen LogP contribution in [0.3, 0.4) is 0 Å². The van der Waals surface area contributed by atoms with Gasteiger partial charge < -0.3 is 9.84 Å². The van der Waals surface area contributed by atoms with Crippen LogP contribution < -0.4 is 0 Å². The second kappa shape index (κ2) is 5.66. The molecule has 0 aliphatic carbocycles. The van der Waals surface area contributed by atoms with Crippen LogP contribution in [0.5, 0.6) is 0 Å². The van der Waals surface area contributed by atoms with Crippen LogP contribution in [0.1, 0.15) is 0 Å². The van der Waals surface area contributed by atoms with Crippen molar-refractivity contribution in [2.45, 2.75) is 11.0 Å². The number of halogens is 1. The molecule has 0 spiro atoms. The first-order chi connectivity index (χ1) is 8.54. The van der Waals surface area contributed by atoms with Crippen molar-refractivity contribution in [2.24, 2.45) is 0 Å². The van der Waals surface area contributed by atoms with Crippen molar-refractivity contribution in [1.82, 2.24) is 4.31 Å². The van der Waals surface area contributed by atoms with E-state index in [1.54, 1.807) is 24.3 Å². The van der Waals surface area contributed by atoms with Crippen LogP contribution in [0.4, 0.5) is 0 Å². The number of hydrogen-bond donors (Lipinski definition) is 1. The van der Waals surface area contributed by atoms with E-state index in [-0.39, 0.29) is 18.0 Å². The summed E-state index contributed by atoms with van der Waals surface area (Å²) >= 11 is 3.26. The van der Waals surface area contributed by atoms with Gasteiger partial charge in [-0.25, -0.2) is 8.42 Å². The molecule has 1 aliphatic heterocycles. The summed E-state index contributed by atoms with van der Waals surface area (Å²) < 4.78 is 32.0. The molecule has 0 aromatic heterocycles. The molecule has 1 aromatic carbocycles. The Morgan fingerprint density at radius 1 is 1.50 bits per heavy atom. The third-order valence-corrected chi connectivity index (χ3v) is 5.09. The zero-order valence-electron chi connectivity index (χ0n) is 9.62. The first-order valence-electron chi connectivity index (χ1n) is 5.52. The van der Waals surface area contributed by atoms with E-state index in [0.29, 0.717) is 13.2 Å². The number of aliphatic hydroxyl groups excluding tert-OH is 1. The molecule has 1 saturated heterocycles. The standard InChI is InChI=1S/C11H14BrNO4S/c12-9-2-1-3-11(6-9)18(15,16)13-4-5-17-10(7-13)8-14/h1-3,6,10,14H,4-5,7-8H2. The molecule has 1 fully saturated rings. The maximum atomic E-state index is 12.4. The lowest BCUT2D eigenvalue weighted by molar-refractivity contribution is -0.0304. The minimum absolute atomic E-state index is 0.176. The summed E-state index contributed by atoms with van der Waals surface area (Å²) in [5.41, 5.74) is 0. The lowest BCUT2D eigenvalue weighted by Gasteiger charge is -2.31. The van der Waals surface area contributed by atoms with Gasteiger partial charge >= 0.3 is 0 Å². The molecular weight excluding hydrogens is 322 g/mol. The second-order valence-corrected chi connectivity index (χ2v) is 6.85. The first kappa shape index (κ1) is 14.0. The Morgan fingerprint density at radius 3 is 2.94 bits per heavy atom. The van der Waals surface area contributed by atoms with E-state index in [1.807, 2.05) is 0 Å². The van der Waals surface area contributed by atoms with Gasteiger partial charge in [-0.2, -0.15) is 4.31 Å². The third-order valence-electron chi connectivity index (χ3n) is 2.74. The number of morpholine rings is 1. The monoisotopic (exact) mass is 335 g/mol. The van der Waals surface area contributed by atoms with Crippen LogP contribution in [0.25, 0.3) is 0 Å².